The zero-order valence-corrected chi connectivity index (χ0v) is 15.9. The minimum absolute atomic E-state index is 0.0299. The number of morpholine rings is 1. The van der Waals surface area contributed by atoms with E-state index in [4.69, 9.17) is 14.2 Å². The number of hydrogen-bond acceptors (Lipinski definition) is 5. The molecule has 5 nitrogen and oxygen atoms in total. The van der Waals surface area contributed by atoms with Crippen molar-refractivity contribution in [3.05, 3.63) is 65.7 Å². The quantitative estimate of drug-likeness (QED) is 0.813. The van der Waals surface area contributed by atoms with Crippen molar-refractivity contribution in [2.24, 2.45) is 0 Å². The number of nitrogens with zero attached hydrogens (tertiary/aromatic N) is 1. The number of hydrogen-bond donors (Lipinski definition) is 1. The Morgan fingerprint density at radius 2 is 1.89 bits per heavy atom. The Kier molecular flexibility index (Phi) is 6.87. The molecule has 0 amide bonds. The minimum atomic E-state index is -0.276. The van der Waals surface area contributed by atoms with Crippen LogP contribution in [0.5, 0.6) is 11.5 Å². The summed E-state index contributed by atoms with van der Waals surface area (Å²) in [7, 11) is 3.25. The van der Waals surface area contributed by atoms with Crippen LogP contribution in [0.25, 0.3) is 6.08 Å². The van der Waals surface area contributed by atoms with Gasteiger partial charge in [-0.3, -0.25) is 4.90 Å². The molecule has 1 aliphatic rings. The molecule has 0 aromatic heterocycles. The van der Waals surface area contributed by atoms with Crippen LogP contribution in [0.3, 0.4) is 0 Å². The van der Waals surface area contributed by atoms with Gasteiger partial charge in [0.2, 0.25) is 0 Å². The Morgan fingerprint density at radius 3 is 2.59 bits per heavy atom. The van der Waals surface area contributed by atoms with E-state index in [2.05, 4.69) is 29.2 Å². The van der Waals surface area contributed by atoms with Crippen LogP contribution in [0.4, 0.5) is 0 Å². The molecule has 1 N–H and O–H groups in total. The molecule has 2 atom stereocenters. The van der Waals surface area contributed by atoms with Gasteiger partial charge in [-0.15, -0.1) is 0 Å². The molecule has 1 heterocycles. The smallest absolute Gasteiger partial charge is 0.161 e. The van der Waals surface area contributed by atoms with Crippen LogP contribution in [0.1, 0.15) is 17.2 Å². The Balaban J connectivity index is 1.82. The van der Waals surface area contributed by atoms with Gasteiger partial charge in [-0.25, -0.2) is 0 Å². The molecule has 0 aliphatic carbocycles. The molecule has 3 rings (SSSR count). The highest BCUT2D eigenvalue weighted by atomic mass is 16.5. The number of methoxy groups -OCH3 is 2. The summed E-state index contributed by atoms with van der Waals surface area (Å²) in [5.41, 5.74) is 2.21. The van der Waals surface area contributed by atoms with Gasteiger partial charge < -0.3 is 19.3 Å². The molecule has 5 heteroatoms. The maximum atomic E-state index is 9.85. The Morgan fingerprint density at radius 1 is 1.11 bits per heavy atom. The minimum Gasteiger partial charge on any atom is -0.493 e. The van der Waals surface area contributed by atoms with E-state index in [9.17, 15) is 5.11 Å². The largest absolute Gasteiger partial charge is 0.493 e. The molecule has 1 fully saturated rings. The van der Waals surface area contributed by atoms with Crippen LogP contribution >= 0.6 is 0 Å². The lowest BCUT2D eigenvalue weighted by Gasteiger charge is -2.40. The summed E-state index contributed by atoms with van der Waals surface area (Å²) in [6, 6.07) is 16.1. The second-order valence-corrected chi connectivity index (χ2v) is 6.46. The van der Waals surface area contributed by atoms with Gasteiger partial charge in [0.15, 0.2) is 11.5 Å². The fraction of sp³-hybridized carbons (Fsp3) is 0.364. The number of rotatable bonds is 7. The first-order chi connectivity index (χ1) is 13.3. The van der Waals surface area contributed by atoms with E-state index >= 15 is 0 Å². The van der Waals surface area contributed by atoms with Crippen LogP contribution in [0.2, 0.25) is 0 Å². The van der Waals surface area contributed by atoms with Crippen LogP contribution in [0, 0.1) is 0 Å². The van der Waals surface area contributed by atoms with Crippen molar-refractivity contribution >= 4 is 6.08 Å². The van der Waals surface area contributed by atoms with Crippen molar-refractivity contribution in [1.82, 2.24) is 4.90 Å². The lowest BCUT2D eigenvalue weighted by molar-refractivity contribution is -0.0896. The lowest BCUT2D eigenvalue weighted by atomic mass is 9.97. The SMILES string of the molecule is COc1ccc([C@@H]2[C@@H](CO)OCCN2CC=Cc2ccccc2)cc1OC. The number of ether oxygens (including phenoxy) is 3. The molecule has 0 spiro atoms. The molecule has 0 bridgehead atoms. The standard InChI is InChI=1S/C22H27NO4/c1-25-19-11-10-18(15-20(19)26-2)22-21(16-24)27-14-13-23(22)12-6-9-17-7-4-3-5-8-17/h3-11,15,21-22,24H,12-14,16H2,1-2H3/t21-,22-/m1/s1. The van der Waals surface area contributed by atoms with Crippen molar-refractivity contribution in [1.29, 1.82) is 0 Å². The average molecular weight is 369 g/mol. The molecule has 2 aromatic carbocycles. The summed E-state index contributed by atoms with van der Waals surface area (Å²) in [6.07, 6.45) is 4.00. The van der Waals surface area contributed by atoms with E-state index < -0.39 is 0 Å². The second kappa shape index (κ2) is 9.55. The van der Waals surface area contributed by atoms with E-state index in [1.54, 1.807) is 14.2 Å². The molecular weight excluding hydrogens is 342 g/mol. The first kappa shape index (κ1) is 19.4. The zero-order chi connectivity index (χ0) is 19.1. The van der Waals surface area contributed by atoms with Gasteiger partial charge in [-0.1, -0.05) is 48.6 Å². The molecular formula is C22H27NO4. The van der Waals surface area contributed by atoms with Gasteiger partial charge in [0.1, 0.15) is 6.10 Å². The third-order valence-electron chi connectivity index (χ3n) is 4.83. The van der Waals surface area contributed by atoms with Crippen LogP contribution < -0.4 is 9.47 Å². The third-order valence-corrected chi connectivity index (χ3v) is 4.83. The highest BCUT2D eigenvalue weighted by molar-refractivity contribution is 5.49. The summed E-state index contributed by atoms with van der Waals surface area (Å²) in [4.78, 5) is 2.32. The van der Waals surface area contributed by atoms with E-state index in [-0.39, 0.29) is 18.8 Å². The summed E-state index contributed by atoms with van der Waals surface area (Å²) in [6.45, 7) is 2.15. The fourth-order valence-corrected chi connectivity index (χ4v) is 3.49. The van der Waals surface area contributed by atoms with Crippen molar-refractivity contribution in [3.63, 3.8) is 0 Å². The maximum absolute atomic E-state index is 9.85. The fourth-order valence-electron chi connectivity index (χ4n) is 3.49. The summed E-state index contributed by atoms with van der Waals surface area (Å²) >= 11 is 0. The molecule has 27 heavy (non-hydrogen) atoms. The molecule has 1 aliphatic heterocycles. The summed E-state index contributed by atoms with van der Waals surface area (Å²) in [5.74, 6) is 1.37. The van der Waals surface area contributed by atoms with Crippen molar-refractivity contribution in [2.75, 3.05) is 40.5 Å². The van der Waals surface area contributed by atoms with E-state index in [1.807, 2.05) is 36.4 Å². The Hall–Kier alpha value is -2.34. The zero-order valence-electron chi connectivity index (χ0n) is 15.9. The molecule has 1 saturated heterocycles. The predicted molar refractivity (Wildman–Crippen MR) is 106 cm³/mol. The van der Waals surface area contributed by atoms with E-state index in [0.29, 0.717) is 18.1 Å². The summed E-state index contributed by atoms with van der Waals surface area (Å²) < 4.78 is 16.6. The lowest BCUT2D eigenvalue weighted by Crippen LogP contribution is -2.46. The molecule has 0 unspecified atom stereocenters. The van der Waals surface area contributed by atoms with Gasteiger partial charge in [-0.05, 0) is 23.3 Å². The van der Waals surface area contributed by atoms with Gasteiger partial charge in [0.25, 0.3) is 0 Å². The second-order valence-electron chi connectivity index (χ2n) is 6.46. The van der Waals surface area contributed by atoms with Gasteiger partial charge >= 0.3 is 0 Å². The monoisotopic (exact) mass is 369 g/mol. The molecule has 144 valence electrons. The topological polar surface area (TPSA) is 51.2 Å². The highest BCUT2D eigenvalue weighted by Gasteiger charge is 2.33. The van der Waals surface area contributed by atoms with Gasteiger partial charge in [0.05, 0.1) is 33.5 Å². The van der Waals surface area contributed by atoms with Crippen molar-refractivity contribution < 1.29 is 19.3 Å². The normalized spacial score (nSPS) is 20.7. The van der Waals surface area contributed by atoms with Gasteiger partial charge in [-0.2, -0.15) is 0 Å². The molecule has 0 radical (unpaired) electrons. The van der Waals surface area contributed by atoms with Crippen LogP contribution in [0.15, 0.2) is 54.6 Å². The van der Waals surface area contributed by atoms with Crippen LogP contribution in [-0.4, -0.2) is 56.6 Å². The summed E-state index contributed by atoms with van der Waals surface area (Å²) in [5, 5.41) is 9.85. The van der Waals surface area contributed by atoms with Crippen molar-refractivity contribution in [2.45, 2.75) is 12.1 Å². The maximum Gasteiger partial charge on any atom is 0.161 e. The molecule has 0 saturated carbocycles. The predicted octanol–water partition coefficient (Wildman–Crippen LogP) is 3.15. The molecule has 2 aromatic rings. The van der Waals surface area contributed by atoms with Crippen molar-refractivity contribution in [3.8, 4) is 11.5 Å². The Bertz CT molecular complexity index is 747. The average Bonchev–Trinajstić information content (AvgIpc) is 2.73. The number of aliphatic hydroxyl groups is 1. The van der Waals surface area contributed by atoms with E-state index in [0.717, 1.165) is 18.7 Å². The Labute approximate surface area is 160 Å². The van der Waals surface area contributed by atoms with Crippen LogP contribution in [-0.2, 0) is 4.74 Å². The first-order valence-electron chi connectivity index (χ1n) is 9.17. The van der Waals surface area contributed by atoms with E-state index in [1.165, 1.54) is 5.56 Å². The first-order valence-corrected chi connectivity index (χ1v) is 9.17. The highest BCUT2D eigenvalue weighted by Crippen LogP contribution is 2.35. The van der Waals surface area contributed by atoms with Gasteiger partial charge in [0, 0.05) is 13.1 Å². The number of benzene rings is 2. The third kappa shape index (κ3) is 4.69. The number of aliphatic hydroxyl groups excluding tert-OH is 1.